The van der Waals surface area contributed by atoms with Crippen LogP contribution in [-0.2, 0) is 11.3 Å². The molecule has 1 atom stereocenters. The molecule has 0 fully saturated rings. The second kappa shape index (κ2) is 7.33. The van der Waals surface area contributed by atoms with Crippen LogP contribution in [0.3, 0.4) is 0 Å². The molecule has 1 aromatic rings. The van der Waals surface area contributed by atoms with Gasteiger partial charge >= 0.3 is 5.97 Å². The maximum absolute atomic E-state index is 11.9. The minimum absolute atomic E-state index is 0.129. The Balaban J connectivity index is 2.41. The van der Waals surface area contributed by atoms with E-state index in [1.165, 1.54) is 0 Å². The minimum atomic E-state index is -0.796. The van der Waals surface area contributed by atoms with Gasteiger partial charge < -0.3 is 15.0 Å². The minimum Gasteiger partial charge on any atom is -0.481 e. The summed E-state index contributed by atoms with van der Waals surface area (Å²) in [6.45, 7) is 4.86. The molecule has 106 valence electrons. The van der Waals surface area contributed by atoms with Crippen LogP contribution < -0.4 is 5.32 Å². The second-order valence-corrected chi connectivity index (χ2v) is 5.38. The van der Waals surface area contributed by atoms with E-state index in [-0.39, 0.29) is 11.8 Å². The van der Waals surface area contributed by atoms with Gasteiger partial charge in [0.1, 0.15) is 5.69 Å². The van der Waals surface area contributed by atoms with Crippen LogP contribution in [0.4, 0.5) is 0 Å². The van der Waals surface area contributed by atoms with E-state index in [0.29, 0.717) is 25.1 Å². The van der Waals surface area contributed by atoms with Crippen molar-refractivity contribution < 1.29 is 14.7 Å². The number of aromatic nitrogens is 1. The van der Waals surface area contributed by atoms with Crippen molar-refractivity contribution in [2.45, 2.75) is 33.2 Å². The summed E-state index contributed by atoms with van der Waals surface area (Å²) in [5.74, 6) is -1.30. The molecule has 0 bridgehead atoms. The van der Waals surface area contributed by atoms with Gasteiger partial charge in [0, 0.05) is 23.8 Å². The summed E-state index contributed by atoms with van der Waals surface area (Å²) < 4.78 is 2.73. The summed E-state index contributed by atoms with van der Waals surface area (Å²) in [6.07, 6.45) is 3.09. The Kier molecular flexibility index (Phi) is 6.08. The lowest BCUT2D eigenvalue weighted by molar-refractivity contribution is -0.141. The van der Waals surface area contributed by atoms with Crippen molar-refractivity contribution in [2.24, 2.45) is 5.92 Å². The fourth-order valence-electron chi connectivity index (χ4n) is 1.75. The smallest absolute Gasteiger partial charge is 0.306 e. The third-order valence-corrected chi connectivity index (χ3v) is 3.39. The Hall–Kier alpha value is -1.30. The molecular formula is C13H19BrN2O3. The van der Waals surface area contributed by atoms with E-state index < -0.39 is 5.97 Å². The van der Waals surface area contributed by atoms with Crippen LogP contribution in [0.25, 0.3) is 0 Å². The lowest BCUT2D eigenvalue weighted by Crippen LogP contribution is -2.27. The molecule has 0 saturated heterocycles. The number of nitrogens with zero attached hydrogens (tertiary/aromatic N) is 1. The molecule has 0 aliphatic heterocycles. The Bertz CT molecular complexity index is 457. The number of rotatable bonds is 7. The number of carbonyl (C=O) groups is 2. The van der Waals surface area contributed by atoms with Gasteiger partial charge in [0.2, 0.25) is 0 Å². The number of aliphatic carboxylic acids is 1. The van der Waals surface area contributed by atoms with E-state index in [2.05, 4.69) is 21.2 Å². The highest BCUT2D eigenvalue weighted by Crippen LogP contribution is 2.15. The van der Waals surface area contributed by atoms with Crippen LogP contribution in [0.15, 0.2) is 16.7 Å². The summed E-state index contributed by atoms with van der Waals surface area (Å²) >= 11 is 3.34. The predicted molar refractivity (Wildman–Crippen MR) is 76.2 cm³/mol. The standard InChI is InChI=1S/C13H19BrN2O3/c1-3-16-8-10(14)7-11(16)12(17)15-6-4-5-9(2)13(18)19/h7-9H,3-6H2,1-2H3,(H,15,17)(H,18,19). The molecule has 0 aliphatic carbocycles. The molecule has 5 nitrogen and oxygen atoms in total. The largest absolute Gasteiger partial charge is 0.481 e. The molecule has 1 rings (SSSR count). The fraction of sp³-hybridized carbons (Fsp3) is 0.538. The van der Waals surface area contributed by atoms with Crippen LogP contribution in [0.1, 0.15) is 37.2 Å². The first kappa shape index (κ1) is 15.8. The highest BCUT2D eigenvalue weighted by molar-refractivity contribution is 9.10. The van der Waals surface area contributed by atoms with Crippen molar-refractivity contribution in [1.82, 2.24) is 9.88 Å². The Morgan fingerprint density at radius 1 is 1.53 bits per heavy atom. The molecule has 0 aliphatic rings. The fourth-order valence-corrected chi connectivity index (χ4v) is 2.22. The molecule has 0 spiro atoms. The van der Waals surface area contributed by atoms with Gasteiger partial charge in [-0.3, -0.25) is 9.59 Å². The van der Waals surface area contributed by atoms with Crippen molar-refractivity contribution in [2.75, 3.05) is 6.54 Å². The zero-order valence-electron chi connectivity index (χ0n) is 11.1. The second-order valence-electron chi connectivity index (χ2n) is 4.47. The van der Waals surface area contributed by atoms with Gasteiger partial charge in [0.05, 0.1) is 5.92 Å². The number of carbonyl (C=O) groups excluding carboxylic acids is 1. The molecule has 1 aromatic heterocycles. The van der Waals surface area contributed by atoms with Gasteiger partial charge in [-0.2, -0.15) is 0 Å². The highest BCUT2D eigenvalue weighted by Gasteiger charge is 2.13. The van der Waals surface area contributed by atoms with E-state index in [1.54, 1.807) is 13.0 Å². The third-order valence-electron chi connectivity index (χ3n) is 2.96. The molecule has 6 heteroatoms. The van der Waals surface area contributed by atoms with Gasteiger partial charge in [0.15, 0.2) is 0 Å². The van der Waals surface area contributed by atoms with E-state index in [1.807, 2.05) is 17.7 Å². The zero-order valence-corrected chi connectivity index (χ0v) is 12.7. The lowest BCUT2D eigenvalue weighted by atomic mass is 10.1. The maximum Gasteiger partial charge on any atom is 0.306 e. The maximum atomic E-state index is 11.9. The number of amides is 1. The number of nitrogens with one attached hydrogen (secondary N) is 1. The van der Waals surface area contributed by atoms with Crippen molar-refractivity contribution in [3.8, 4) is 0 Å². The summed E-state index contributed by atoms with van der Waals surface area (Å²) in [5, 5.41) is 11.6. The SMILES string of the molecule is CCn1cc(Br)cc1C(=O)NCCCC(C)C(=O)O. The molecule has 19 heavy (non-hydrogen) atoms. The molecule has 1 unspecified atom stereocenters. The molecule has 0 aromatic carbocycles. The Morgan fingerprint density at radius 3 is 2.79 bits per heavy atom. The van der Waals surface area contributed by atoms with Crippen LogP contribution in [0, 0.1) is 5.92 Å². The predicted octanol–water partition coefficient (Wildman–Crippen LogP) is 2.50. The molecular weight excluding hydrogens is 312 g/mol. The van der Waals surface area contributed by atoms with E-state index in [9.17, 15) is 9.59 Å². The molecule has 0 saturated carbocycles. The lowest BCUT2D eigenvalue weighted by Gasteiger charge is -2.09. The first-order valence-corrected chi connectivity index (χ1v) is 7.11. The first-order chi connectivity index (χ1) is 8.95. The van der Waals surface area contributed by atoms with Crippen molar-refractivity contribution in [3.05, 3.63) is 22.4 Å². The van der Waals surface area contributed by atoms with Crippen molar-refractivity contribution in [1.29, 1.82) is 0 Å². The van der Waals surface area contributed by atoms with Crippen molar-refractivity contribution >= 4 is 27.8 Å². The number of hydrogen-bond acceptors (Lipinski definition) is 2. The quantitative estimate of drug-likeness (QED) is 0.754. The van der Waals surface area contributed by atoms with Gasteiger partial charge in [-0.1, -0.05) is 6.92 Å². The normalized spacial score (nSPS) is 12.2. The Morgan fingerprint density at radius 2 is 2.21 bits per heavy atom. The van der Waals surface area contributed by atoms with Gasteiger partial charge in [-0.25, -0.2) is 0 Å². The van der Waals surface area contributed by atoms with Gasteiger partial charge in [0.25, 0.3) is 5.91 Å². The molecule has 1 heterocycles. The average Bonchev–Trinajstić information content (AvgIpc) is 2.75. The van der Waals surface area contributed by atoms with Crippen LogP contribution in [-0.4, -0.2) is 28.1 Å². The van der Waals surface area contributed by atoms with Crippen molar-refractivity contribution in [3.63, 3.8) is 0 Å². The van der Waals surface area contributed by atoms with Gasteiger partial charge in [-0.05, 0) is 41.8 Å². The third kappa shape index (κ3) is 4.70. The van der Waals surface area contributed by atoms with E-state index >= 15 is 0 Å². The first-order valence-electron chi connectivity index (χ1n) is 6.32. The number of hydrogen-bond donors (Lipinski definition) is 2. The number of carboxylic acids is 1. The summed E-state index contributed by atoms with van der Waals surface area (Å²) in [7, 11) is 0. The summed E-state index contributed by atoms with van der Waals surface area (Å²) in [5.41, 5.74) is 0.612. The number of carboxylic acid groups (broad SMARTS) is 1. The van der Waals surface area contributed by atoms with Crippen LogP contribution >= 0.6 is 15.9 Å². The van der Waals surface area contributed by atoms with Gasteiger partial charge in [-0.15, -0.1) is 0 Å². The highest BCUT2D eigenvalue weighted by atomic mass is 79.9. The topological polar surface area (TPSA) is 71.3 Å². The van der Waals surface area contributed by atoms with Crippen LogP contribution in [0.2, 0.25) is 0 Å². The Labute approximate surface area is 121 Å². The zero-order chi connectivity index (χ0) is 14.4. The summed E-state index contributed by atoms with van der Waals surface area (Å²) in [4.78, 5) is 22.6. The van der Waals surface area contributed by atoms with Crippen LogP contribution in [0.5, 0.6) is 0 Å². The van der Waals surface area contributed by atoms with E-state index in [0.717, 1.165) is 11.0 Å². The number of aryl methyl sites for hydroxylation is 1. The van der Waals surface area contributed by atoms with E-state index in [4.69, 9.17) is 5.11 Å². The molecule has 0 radical (unpaired) electrons. The average molecular weight is 331 g/mol. The summed E-state index contributed by atoms with van der Waals surface area (Å²) in [6, 6.07) is 1.78. The number of halogens is 1. The molecule has 2 N–H and O–H groups in total. The monoisotopic (exact) mass is 330 g/mol. The molecule has 1 amide bonds.